The van der Waals surface area contributed by atoms with Crippen molar-refractivity contribution in [2.24, 2.45) is 11.7 Å². The van der Waals surface area contributed by atoms with Gasteiger partial charge >= 0.3 is 0 Å². The van der Waals surface area contributed by atoms with E-state index < -0.39 is 10.0 Å². The number of rotatable bonds is 3. The Kier molecular flexibility index (Phi) is 3.94. The molecule has 0 spiro atoms. The Labute approximate surface area is 114 Å². The molecule has 0 amide bonds. The number of sulfonamides is 1. The molecule has 2 heterocycles. The van der Waals surface area contributed by atoms with Crippen LogP contribution in [0.1, 0.15) is 13.3 Å². The Hall–Kier alpha value is 0.0500. The second-order valence-electron chi connectivity index (χ2n) is 4.33. The van der Waals surface area contributed by atoms with E-state index in [1.54, 1.807) is 16.4 Å². The number of hydrogen-bond donors (Lipinski definition) is 1. The maximum atomic E-state index is 12.3. The first-order valence-electron chi connectivity index (χ1n) is 5.42. The third kappa shape index (κ3) is 2.73. The highest BCUT2D eigenvalue weighted by Crippen LogP contribution is 2.31. The van der Waals surface area contributed by atoms with Gasteiger partial charge in [-0.15, -0.1) is 11.3 Å². The van der Waals surface area contributed by atoms with Crippen molar-refractivity contribution in [3.8, 4) is 0 Å². The average molecular weight is 339 g/mol. The lowest BCUT2D eigenvalue weighted by Crippen LogP contribution is -2.32. The summed E-state index contributed by atoms with van der Waals surface area (Å²) >= 11 is 4.53. The molecule has 1 aliphatic heterocycles. The number of halogens is 1. The molecule has 1 aromatic heterocycles. The van der Waals surface area contributed by atoms with Gasteiger partial charge in [-0.05, 0) is 47.3 Å². The van der Waals surface area contributed by atoms with Crippen LogP contribution >= 0.6 is 27.3 Å². The van der Waals surface area contributed by atoms with Gasteiger partial charge in [0.1, 0.15) is 4.21 Å². The van der Waals surface area contributed by atoms with E-state index in [9.17, 15) is 8.42 Å². The van der Waals surface area contributed by atoms with Crippen LogP contribution in [0.15, 0.2) is 20.1 Å². The summed E-state index contributed by atoms with van der Waals surface area (Å²) in [6, 6.07) is 3.45. The van der Waals surface area contributed by atoms with Crippen LogP contribution in [0.4, 0.5) is 0 Å². The van der Waals surface area contributed by atoms with Gasteiger partial charge in [0.25, 0.3) is 10.0 Å². The monoisotopic (exact) mass is 338 g/mol. The summed E-state index contributed by atoms with van der Waals surface area (Å²) in [4.78, 5) is 0. The third-order valence-electron chi connectivity index (χ3n) is 3.07. The van der Waals surface area contributed by atoms with Gasteiger partial charge in [-0.1, -0.05) is 0 Å². The lowest BCUT2D eigenvalue weighted by atomic mass is 10.0. The molecule has 1 saturated heterocycles. The zero-order valence-corrected chi connectivity index (χ0v) is 12.7. The Morgan fingerprint density at radius 3 is 2.76 bits per heavy atom. The summed E-state index contributed by atoms with van der Waals surface area (Å²) in [5, 5.41) is 0. The molecule has 2 atom stereocenters. The first-order chi connectivity index (χ1) is 7.91. The summed E-state index contributed by atoms with van der Waals surface area (Å²) in [6.45, 7) is 3.04. The smallest absolute Gasteiger partial charge is 0.252 e. The Bertz CT molecular complexity index is 498. The third-order valence-corrected chi connectivity index (χ3v) is 7.03. The molecule has 1 fully saturated rings. The summed E-state index contributed by atoms with van der Waals surface area (Å²) in [7, 11) is -3.32. The Morgan fingerprint density at radius 1 is 1.59 bits per heavy atom. The maximum Gasteiger partial charge on any atom is 0.252 e. The minimum atomic E-state index is -3.32. The fraction of sp³-hybridized carbons (Fsp3) is 0.600. The van der Waals surface area contributed by atoms with Crippen molar-refractivity contribution in [3.05, 3.63) is 15.9 Å². The second-order valence-corrected chi connectivity index (χ2v) is 8.96. The van der Waals surface area contributed by atoms with Gasteiger partial charge in [0.2, 0.25) is 0 Å². The number of nitrogens with zero attached hydrogens (tertiary/aromatic N) is 1. The van der Waals surface area contributed by atoms with Gasteiger partial charge in [-0.2, -0.15) is 4.31 Å². The van der Waals surface area contributed by atoms with Crippen LogP contribution in [0.5, 0.6) is 0 Å². The van der Waals surface area contributed by atoms with E-state index >= 15 is 0 Å². The molecular formula is C10H15BrN2O2S2. The topological polar surface area (TPSA) is 63.4 Å². The van der Waals surface area contributed by atoms with Crippen molar-refractivity contribution in [1.29, 1.82) is 0 Å². The molecule has 1 aliphatic rings. The summed E-state index contributed by atoms with van der Waals surface area (Å²) in [5.74, 6) is 0.271. The average Bonchev–Trinajstić information content (AvgIpc) is 2.85. The Morgan fingerprint density at radius 2 is 2.29 bits per heavy atom. The van der Waals surface area contributed by atoms with E-state index in [-0.39, 0.29) is 12.0 Å². The molecule has 96 valence electrons. The molecule has 7 heteroatoms. The zero-order chi connectivity index (χ0) is 12.6. The minimum Gasteiger partial charge on any atom is -0.328 e. The van der Waals surface area contributed by atoms with Crippen molar-refractivity contribution in [3.63, 3.8) is 0 Å². The molecule has 0 bridgehead atoms. The normalized spacial score (nSPS) is 24.1. The van der Waals surface area contributed by atoms with Crippen LogP contribution in [-0.2, 0) is 10.0 Å². The van der Waals surface area contributed by atoms with Gasteiger partial charge in [0.05, 0.1) is 3.79 Å². The summed E-state index contributed by atoms with van der Waals surface area (Å²) < 4.78 is 27.4. The predicted molar refractivity (Wildman–Crippen MR) is 72.5 cm³/mol. The predicted octanol–water partition coefficient (Wildman–Crippen LogP) is 1.87. The van der Waals surface area contributed by atoms with Crippen LogP contribution in [0, 0.1) is 5.92 Å². The fourth-order valence-electron chi connectivity index (χ4n) is 1.96. The van der Waals surface area contributed by atoms with Crippen molar-refractivity contribution in [2.75, 3.05) is 13.1 Å². The van der Waals surface area contributed by atoms with Crippen molar-refractivity contribution < 1.29 is 8.42 Å². The standard InChI is InChI=1S/C10H15BrN2O2S2/c1-7(12)8-4-5-13(6-8)17(14,15)10-3-2-9(11)16-10/h2-3,7-8H,4-6,12H2,1H3. The van der Waals surface area contributed by atoms with E-state index in [0.717, 1.165) is 10.2 Å². The second kappa shape index (κ2) is 4.97. The summed E-state index contributed by atoms with van der Waals surface area (Å²) in [5.41, 5.74) is 5.82. The van der Waals surface area contributed by atoms with Gasteiger partial charge < -0.3 is 5.73 Å². The van der Waals surface area contributed by atoms with Gasteiger partial charge in [0.15, 0.2) is 0 Å². The van der Waals surface area contributed by atoms with E-state index in [1.807, 2.05) is 6.92 Å². The molecule has 0 aromatic carbocycles. The van der Waals surface area contributed by atoms with Crippen molar-refractivity contribution >= 4 is 37.3 Å². The largest absolute Gasteiger partial charge is 0.328 e. The van der Waals surface area contributed by atoms with E-state index in [0.29, 0.717) is 17.3 Å². The number of thiophene rings is 1. The summed E-state index contributed by atoms with van der Waals surface area (Å²) in [6.07, 6.45) is 0.851. The fourth-order valence-corrected chi connectivity index (χ4v) is 5.64. The molecule has 0 radical (unpaired) electrons. The molecule has 0 saturated carbocycles. The lowest BCUT2D eigenvalue weighted by molar-refractivity contribution is 0.430. The first-order valence-corrected chi connectivity index (χ1v) is 8.47. The molecular weight excluding hydrogens is 324 g/mol. The van der Waals surface area contributed by atoms with Crippen LogP contribution in [0.25, 0.3) is 0 Å². The van der Waals surface area contributed by atoms with Crippen LogP contribution in [-0.4, -0.2) is 31.9 Å². The zero-order valence-electron chi connectivity index (χ0n) is 9.47. The van der Waals surface area contributed by atoms with Crippen LogP contribution < -0.4 is 5.73 Å². The first kappa shape index (κ1) is 13.5. The molecule has 4 nitrogen and oxygen atoms in total. The highest BCUT2D eigenvalue weighted by molar-refractivity contribution is 9.11. The number of hydrogen-bond acceptors (Lipinski definition) is 4. The molecule has 1 aromatic rings. The van der Waals surface area contributed by atoms with Gasteiger partial charge in [-0.3, -0.25) is 0 Å². The van der Waals surface area contributed by atoms with E-state index in [2.05, 4.69) is 15.9 Å². The highest BCUT2D eigenvalue weighted by atomic mass is 79.9. The Balaban J connectivity index is 2.18. The van der Waals surface area contributed by atoms with E-state index in [4.69, 9.17) is 5.73 Å². The highest BCUT2D eigenvalue weighted by Gasteiger charge is 2.34. The molecule has 2 rings (SSSR count). The lowest BCUT2D eigenvalue weighted by Gasteiger charge is -2.17. The van der Waals surface area contributed by atoms with Crippen molar-refractivity contribution in [1.82, 2.24) is 4.31 Å². The molecule has 0 aliphatic carbocycles. The molecule has 2 unspecified atom stereocenters. The maximum absolute atomic E-state index is 12.3. The minimum absolute atomic E-state index is 0.0465. The van der Waals surface area contributed by atoms with Gasteiger partial charge in [0, 0.05) is 19.1 Å². The quantitative estimate of drug-likeness (QED) is 0.914. The van der Waals surface area contributed by atoms with Crippen molar-refractivity contribution in [2.45, 2.75) is 23.6 Å². The van der Waals surface area contributed by atoms with E-state index in [1.165, 1.54) is 11.3 Å². The number of nitrogens with two attached hydrogens (primary N) is 1. The van der Waals surface area contributed by atoms with Gasteiger partial charge in [-0.25, -0.2) is 8.42 Å². The SMILES string of the molecule is CC(N)C1CCN(S(=O)(=O)c2ccc(Br)s2)C1. The molecule has 2 N–H and O–H groups in total. The van der Waals surface area contributed by atoms with Crippen LogP contribution in [0.2, 0.25) is 0 Å². The van der Waals surface area contributed by atoms with Crippen LogP contribution in [0.3, 0.4) is 0 Å². The molecule has 17 heavy (non-hydrogen) atoms.